The van der Waals surface area contributed by atoms with Crippen LogP contribution in [-0.4, -0.2) is 126 Å². The Kier molecular flexibility index (Phi) is 15.3. The molecule has 0 radical (unpaired) electrons. The average molecular weight is 721 g/mol. The van der Waals surface area contributed by atoms with Crippen molar-refractivity contribution >= 4 is 17.0 Å². The van der Waals surface area contributed by atoms with Crippen LogP contribution in [0.15, 0.2) is 53.5 Å². The third-order valence-electron chi connectivity index (χ3n) is 9.24. The Hall–Kier alpha value is -4.05. The predicted molar refractivity (Wildman–Crippen MR) is 196 cm³/mol. The topological polar surface area (TPSA) is 152 Å². The number of ether oxygens (including phenoxy) is 5. The lowest BCUT2D eigenvalue weighted by molar-refractivity contribution is -0.138. The number of fused-ring (bicyclic) bond motifs is 1. The molecular formula is C38H52N6O8. The summed E-state index contributed by atoms with van der Waals surface area (Å²) in [5, 5.41) is 13.1. The number of carbonyl (C=O) groups is 1. The molecule has 5 rings (SSSR count). The van der Waals surface area contributed by atoms with Crippen LogP contribution in [0.4, 0.5) is 0 Å². The Labute approximate surface area is 304 Å². The van der Waals surface area contributed by atoms with E-state index in [1.54, 1.807) is 7.05 Å². The van der Waals surface area contributed by atoms with Crippen molar-refractivity contribution in [1.82, 2.24) is 29.2 Å². The Morgan fingerprint density at radius 2 is 1.48 bits per heavy atom. The Morgan fingerprint density at radius 3 is 2.08 bits per heavy atom. The minimum absolute atomic E-state index is 0.00228. The highest BCUT2D eigenvalue weighted by Gasteiger charge is 2.25. The van der Waals surface area contributed by atoms with Gasteiger partial charge in [0.25, 0.3) is 5.56 Å². The summed E-state index contributed by atoms with van der Waals surface area (Å²) in [6.45, 7) is 11.4. The maximum absolute atomic E-state index is 12.4. The van der Waals surface area contributed by atoms with E-state index in [1.807, 2.05) is 37.4 Å². The number of pyridine rings is 1. The van der Waals surface area contributed by atoms with Gasteiger partial charge in [-0.05, 0) is 57.5 Å². The number of likely N-dealkylation sites (tertiary alicyclic amines) is 1. The van der Waals surface area contributed by atoms with Gasteiger partial charge in [0.1, 0.15) is 11.2 Å². The number of carboxylic acids is 1. The lowest BCUT2D eigenvalue weighted by atomic mass is 9.93. The van der Waals surface area contributed by atoms with E-state index in [1.165, 1.54) is 4.68 Å². The van der Waals surface area contributed by atoms with Gasteiger partial charge in [-0.25, -0.2) is 9.67 Å². The van der Waals surface area contributed by atoms with Crippen LogP contribution < -0.4 is 5.56 Å². The first-order valence-electron chi connectivity index (χ1n) is 18.1. The highest BCUT2D eigenvalue weighted by atomic mass is 16.6. The summed E-state index contributed by atoms with van der Waals surface area (Å²) in [5.41, 5.74) is 5.22. The summed E-state index contributed by atoms with van der Waals surface area (Å²) in [4.78, 5) is 35.2. The van der Waals surface area contributed by atoms with Crippen molar-refractivity contribution in [3.05, 3.63) is 75.8 Å². The van der Waals surface area contributed by atoms with Gasteiger partial charge >= 0.3 is 5.97 Å². The first-order valence-corrected chi connectivity index (χ1v) is 18.1. The standard InChI is InChI=1S/C38H52N6O8/c1-28-25-33(41-42(3)38(28)47)37-40-34-27-39-32(26-35(34)44(37)29(2)30-7-5-4-6-8-30)31-9-12-43(13-10-31)14-16-49-18-20-51-22-24-52-23-21-50-19-17-48-15-11-36(45)46/h4-8,25-27,29,31H,9-24H2,1-3H3,(H,45,46). The van der Waals surface area contributed by atoms with E-state index >= 15 is 0 Å². The molecule has 1 aliphatic rings. The fourth-order valence-electron chi connectivity index (χ4n) is 6.35. The van der Waals surface area contributed by atoms with Crippen LogP contribution in [0, 0.1) is 6.92 Å². The van der Waals surface area contributed by atoms with E-state index in [0.29, 0.717) is 76.6 Å². The van der Waals surface area contributed by atoms with Gasteiger partial charge < -0.3 is 38.3 Å². The van der Waals surface area contributed by atoms with Crippen LogP contribution in [0.25, 0.3) is 22.6 Å². The van der Waals surface area contributed by atoms with Crippen LogP contribution >= 0.6 is 0 Å². The largest absolute Gasteiger partial charge is 0.481 e. The predicted octanol–water partition coefficient (Wildman–Crippen LogP) is 3.85. The van der Waals surface area contributed by atoms with Crippen molar-refractivity contribution in [1.29, 1.82) is 0 Å². The lowest BCUT2D eigenvalue weighted by Crippen LogP contribution is -2.35. The van der Waals surface area contributed by atoms with Crippen molar-refractivity contribution in [3.8, 4) is 11.5 Å². The third-order valence-corrected chi connectivity index (χ3v) is 9.24. The number of hydrogen-bond acceptors (Lipinski definition) is 11. The molecule has 52 heavy (non-hydrogen) atoms. The molecule has 1 aromatic carbocycles. The molecule has 1 aliphatic heterocycles. The molecule has 0 spiro atoms. The minimum Gasteiger partial charge on any atom is -0.481 e. The van der Waals surface area contributed by atoms with Crippen molar-refractivity contribution in [2.24, 2.45) is 7.05 Å². The first-order chi connectivity index (χ1) is 25.3. The second kappa shape index (κ2) is 20.3. The molecule has 282 valence electrons. The number of aliphatic carboxylic acids is 1. The van der Waals surface area contributed by atoms with Crippen molar-refractivity contribution in [2.75, 3.05) is 85.7 Å². The quantitative estimate of drug-likeness (QED) is 0.117. The Morgan fingerprint density at radius 1 is 0.885 bits per heavy atom. The SMILES string of the molecule is Cc1cc(-c2nc3cnc(C4CCN(CCOCCOCCOCCOCCOCCC(=O)O)CC4)cc3n2C(C)c2ccccc2)nn(C)c1=O. The van der Waals surface area contributed by atoms with E-state index in [2.05, 4.69) is 39.7 Å². The maximum atomic E-state index is 12.4. The normalized spacial score (nSPS) is 14.7. The monoisotopic (exact) mass is 720 g/mol. The number of piperidine rings is 1. The molecule has 1 unspecified atom stereocenters. The van der Waals surface area contributed by atoms with Gasteiger partial charge in [0.2, 0.25) is 0 Å². The summed E-state index contributed by atoms with van der Waals surface area (Å²) in [7, 11) is 1.68. The molecule has 0 bridgehead atoms. The van der Waals surface area contributed by atoms with E-state index in [0.717, 1.165) is 60.6 Å². The number of imidazole rings is 1. The van der Waals surface area contributed by atoms with Crippen LogP contribution in [0.3, 0.4) is 0 Å². The fraction of sp³-hybridized carbons (Fsp3) is 0.553. The second-order valence-corrected chi connectivity index (χ2v) is 13.0. The second-order valence-electron chi connectivity index (χ2n) is 13.0. The van der Waals surface area contributed by atoms with Gasteiger partial charge in [0, 0.05) is 30.8 Å². The van der Waals surface area contributed by atoms with E-state index < -0.39 is 5.97 Å². The molecule has 4 heterocycles. The van der Waals surface area contributed by atoms with E-state index in [4.69, 9.17) is 38.8 Å². The van der Waals surface area contributed by atoms with Gasteiger partial charge in [0.05, 0.1) is 90.2 Å². The number of aromatic nitrogens is 5. The van der Waals surface area contributed by atoms with Gasteiger partial charge in [-0.1, -0.05) is 30.3 Å². The number of aryl methyl sites for hydroxylation is 2. The summed E-state index contributed by atoms with van der Waals surface area (Å²) < 4.78 is 31.1. The molecule has 0 amide bonds. The highest BCUT2D eigenvalue weighted by Crippen LogP contribution is 2.34. The Balaban J connectivity index is 1.03. The summed E-state index contributed by atoms with van der Waals surface area (Å²) in [6, 6.07) is 14.4. The molecule has 3 aromatic heterocycles. The van der Waals surface area contributed by atoms with Crippen LogP contribution in [-0.2, 0) is 35.5 Å². The molecule has 1 saturated heterocycles. The van der Waals surface area contributed by atoms with Crippen molar-refractivity contribution < 1.29 is 33.6 Å². The van der Waals surface area contributed by atoms with E-state index in [9.17, 15) is 9.59 Å². The molecular weight excluding hydrogens is 668 g/mol. The summed E-state index contributed by atoms with van der Waals surface area (Å²) in [6.07, 6.45) is 3.92. The summed E-state index contributed by atoms with van der Waals surface area (Å²) >= 11 is 0. The maximum Gasteiger partial charge on any atom is 0.305 e. The number of nitrogens with zero attached hydrogens (tertiary/aromatic N) is 6. The van der Waals surface area contributed by atoms with Gasteiger partial charge in [0.15, 0.2) is 5.82 Å². The zero-order valence-electron chi connectivity index (χ0n) is 30.6. The zero-order valence-corrected chi connectivity index (χ0v) is 30.6. The van der Waals surface area contributed by atoms with Gasteiger partial charge in [-0.15, -0.1) is 0 Å². The summed E-state index contributed by atoms with van der Waals surface area (Å²) in [5.74, 6) is 0.198. The first kappa shape index (κ1) is 39.2. The van der Waals surface area contributed by atoms with Gasteiger partial charge in [-0.3, -0.25) is 14.6 Å². The molecule has 1 N–H and O–H groups in total. The number of carboxylic acid groups (broad SMARTS) is 1. The molecule has 1 fully saturated rings. The molecule has 4 aromatic rings. The lowest BCUT2D eigenvalue weighted by Gasteiger charge is -2.31. The van der Waals surface area contributed by atoms with Crippen LogP contribution in [0.2, 0.25) is 0 Å². The molecule has 0 saturated carbocycles. The van der Waals surface area contributed by atoms with Crippen LogP contribution in [0.1, 0.15) is 55.0 Å². The minimum atomic E-state index is -0.871. The van der Waals surface area contributed by atoms with Crippen molar-refractivity contribution in [2.45, 2.75) is 45.1 Å². The average Bonchev–Trinajstić information content (AvgIpc) is 3.54. The third kappa shape index (κ3) is 11.2. The smallest absolute Gasteiger partial charge is 0.305 e. The number of benzene rings is 1. The highest BCUT2D eigenvalue weighted by molar-refractivity contribution is 5.80. The Bertz CT molecular complexity index is 1730. The fourth-order valence-corrected chi connectivity index (χ4v) is 6.35. The van der Waals surface area contributed by atoms with Gasteiger partial charge in [-0.2, -0.15) is 5.10 Å². The molecule has 0 aliphatic carbocycles. The van der Waals surface area contributed by atoms with Crippen LogP contribution in [0.5, 0.6) is 0 Å². The van der Waals surface area contributed by atoms with Crippen molar-refractivity contribution in [3.63, 3.8) is 0 Å². The molecule has 14 heteroatoms. The number of hydrogen-bond donors (Lipinski definition) is 1. The van der Waals surface area contributed by atoms with E-state index in [-0.39, 0.29) is 24.6 Å². The molecule has 14 nitrogen and oxygen atoms in total. The zero-order chi connectivity index (χ0) is 36.7. The number of rotatable bonds is 22. The molecule has 1 atom stereocenters.